The first-order valence-electron chi connectivity index (χ1n) is 6.04. The molecule has 0 aromatic heterocycles. The van der Waals surface area contributed by atoms with Crippen LogP contribution in [-0.4, -0.2) is 43.4 Å². The molecule has 1 fully saturated rings. The number of ketones is 1. The monoisotopic (exact) mass is 314 g/mol. The van der Waals surface area contributed by atoms with Crippen LogP contribution < -0.4 is 5.32 Å². The van der Waals surface area contributed by atoms with Crippen LogP contribution in [0.3, 0.4) is 0 Å². The number of carbonyl (C=O) groups is 1. The fraction of sp³-hybridized carbons (Fsp3) is 0.462. The van der Waals surface area contributed by atoms with Gasteiger partial charge in [-0.05, 0) is 33.6 Å². The number of rotatable bonds is 4. The van der Waals surface area contributed by atoms with Crippen LogP contribution in [0.1, 0.15) is 5.56 Å². The molecule has 1 aromatic carbocycles. The van der Waals surface area contributed by atoms with Crippen LogP contribution in [0, 0.1) is 5.82 Å². The lowest BCUT2D eigenvalue weighted by molar-refractivity contribution is -0.119. The quantitative estimate of drug-likeness (QED) is 0.916. The minimum absolute atomic E-state index is 0.176. The molecule has 0 unspecified atom stereocenters. The minimum atomic E-state index is -0.298. The predicted molar refractivity (Wildman–Crippen MR) is 72.1 cm³/mol. The molecule has 0 bridgehead atoms. The number of hydrogen-bond donors (Lipinski definition) is 1. The second kappa shape index (κ2) is 6.41. The summed E-state index contributed by atoms with van der Waals surface area (Å²) in [4.78, 5) is 14.1. The molecule has 3 nitrogen and oxygen atoms in total. The second-order valence-electron chi connectivity index (χ2n) is 4.49. The Hall–Kier alpha value is -0.780. The van der Waals surface area contributed by atoms with E-state index in [4.69, 9.17) is 0 Å². The largest absolute Gasteiger partial charge is 0.314 e. The first-order chi connectivity index (χ1) is 8.65. The van der Waals surface area contributed by atoms with Crippen molar-refractivity contribution in [2.24, 2.45) is 0 Å². The van der Waals surface area contributed by atoms with E-state index in [1.807, 2.05) is 0 Å². The smallest absolute Gasteiger partial charge is 0.151 e. The molecule has 1 aromatic rings. The summed E-state index contributed by atoms with van der Waals surface area (Å²) >= 11 is 3.13. The van der Waals surface area contributed by atoms with Crippen molar-refractivity contribution in [3.05, 3.63) is 34.1 Å². The van der Waals surface area contributed by atoms with Gasteiger partial charge in [0, 0.05) is 32.6 Å². The highest BCUT2D eigenvalue weighted by atomic mass is 79.9. The molecular weight excluding hydrogens is 299 g/mol. The van der Waals surface area contributed by atoms with Gasteiger partial charge in [-0.3, -0.25) is 9.69 Å². The van der Waals surface area contributed by atoms with Gasteiger partial charge in [0.2, 0.25) is 0 Å². The zero-order valence-corrected chi connectivity index (χ0v) is 11.7. The number of nitrogens with one attached hydrogen (secondary N) is 1. The molecule has 0 amide bonds. The van der Waals surface area contributed by atoms with E-state index in [1.54, 1.807) is 12.1 Å². The molecule has 0 saturated carbocycles. The van der Waals surface area contributed by atoms with Crippen LogP contribution >= 0.6 is 15.9 Å². The highest BCUT2D eigenvalue weighted by Crippen LogP contribution is 2.17. The molecule has 98 valence electrons. The first kappa shape index (κ1) is 13.6. The summed E-state index contributed by atoms with van der Waals surface area (Å²) in [5.74, 6) is -0.122. The topological polar surface area (TPSA) is 32.3 Å². The van der Waals surface area contributed by atoms with Gasteiger partial charge in [0.1, 0.15) is 5.82 Å². The fourth-order valence-corrected chi connectivity index (χ4v) is 2.48. The first-order valence-corrected chi connectivity index (χ1v) is 6.83. The van der Waals surface area contributed by atoms with Crippen molar-refractivity contribution in [1.82, 2.24) is 10.2 Å². The van der Waals surface area contributed by atoms with Gasteiger partial charge in [0.15, 0.2) is 5.78 Å². The summed E-state index contributed by atoms with van der Waals surface area (Å²) in [5.41, 5.74) is 0.850. The van der Waals surface area contributed by atoms with E-state index in [9.17, 15) is 9.18 Å². The SMILES string of the molecule is O=C(Cc1ccc(F)c(Br)c1)CN1CCNCC1. The van der Waals surface area contributed by atoms with Crippen LogP contribution in [0.4, 0.5) is 4.39 Å². The molecule has 1 aliphatic rings. The van der Waals surface area contributed by atoms with E-state index in [2.05, 4.69) is 26.1 Å². The lowest BCUT2D eigenvalue weighted by atomic mass is 10.1. The number of halogens is 2. The van der Waals surface area contributed by atoms with Crippen LogP contribution in [0.25, 0.3) is 0 Å². The van der Waals surface area contributed by atoms with E-state index in [1.165, 1.54) is 6.07 Å². The summed E-state index contributed by atoms with van der Waals surface area (Å²) in [6.07, 6.45) is 0.364. The summed E-state index contributed by atoms with van der Waals surface area (Å²) in [5, 5.41) is 3.25. The molecule has 0 radical (unpaired) electrons. The van der Waals surface area contributed by atoms with Crippen LogP contribution in [-0.2, 0) is 11.2 Å². The lowest BCUT2D eigenvalue weighted by Crippen LogP contribution is -2.45. The minimum Gasteiger partial charge on any atom is -0.314 e. The zero-order chi connectivity index (χ0) is 13.0. The van der Waals surface area contributed by atoms with Crippen molar-refractivity contribution in [2.45, 2.75) is 6.42 Å². The molecule has 2 rings (SSSR count). The van der Waals surface area contributed by atoms with Gasteiger partial charge in [0.25, 0.3) is 0 Å². The van der Waals surface area contributed by atoms with Gasteiger partial charge >= 0.3 is 0 Å². The Morgan fingerprint density at radius 1 is 1.39 bits per heavy atom. The molecule has 1 heterocycles. The number of hydrogen-bond acceptors (Lipinski definition) is 3. The van der Waals surface area contributed by atoms with Gasteiger partial charge in [-0.15, -0.1) is 0 Å². The summed E-state index contributed by atoms with van der Waals surface area (Å²) in [6.45, 7) is 4.19. The van der Waals surface area contributed by atoms with E-state index in [0.29, 0.717) is 17.4 Å². The molecule has 1 saturated heterocycles. The highest BCUT2D eigenvalue weighted by molar-refractivity contribution is 9.10. The Morgan fingerprint density at radius 3 is 2.78 bits per heavy atom. The Labute approximate surface area is 114 Å². The average molecular weight is 315 g/mol. The maximum absolute atomic E-state index is 13.1. The zero-order valence-electron chi connectivity index (χ0n) is 10.1. The van der Waals surface area contributed by atoms with Gasteiger partial charge in [-0.25, -0.2) is 4.39 Å². The Bertz CT molecular complexity index is 433. The number of Topliss-reactive ketones (excluding diaryl/α,β-unsaturated/α-hetero) is 1. The third-order valence-corrected chi connectivity index (χ3v) is 3.60. The fourth-order valence-electron chi connectivity index (χ4n) is 2.05. The van der Waals surface area contributed by atoms with Gasteiger partial charge in [0.05, 0.1) is 11.0 Å². The van der Waals surface area contributed by atoms with E-state index < -0.39 is 0 Å². The molecule has 1 aliphatic heterocycles. The van der Waals surface area contributed by atoms with Crippen molar-refractivity contribution in [3.63, 3.8) is 0 Å². The van der Waals surface area contributed by atoms with E-state index in [0.717, 1.165) is 31.7 Å². The molecule has 0 aliphatic carbocycles. The Balaban J connectivity index is 1.88. The molecule has 1 N–H and O–H groups in total. The van der Waals surface area contributed by atoms with E-state index >= 15 is 0 Å². The van der Waals surface area contributed by atoms with Crippen molar-refractivity contribution < 1.29 is 9.18 Å². The normalized spacial score (nSPS) is 16.8. The maximum atomic E-state index is 13.1. The highest BCUT2D eigenvalue weighted by Gasteiger charge is 2.14. The standard InChI is InChI=1S/C13H16BrFN2O/c14-12-8-10(1-2-13(12)15)7-11(18)9-17-5-3-16-4-6-17/h1-2,8,16H,3-7,9H2. The Morgan fingerprint density at radius 2 is 2.11 bits per heavy atom. The van der Waals surface area contributed by atoms with Crippen molar-refractivity contribution in [2.75, 3.05) is 32.7 Å². The number of carbonyl (C=O) groups excluding carboxylic acids is 1. The van der Waals surface area contributed by atoms with Crippen molar-refractivity contribution in [3.8, 4) is 0 Å². The molecule has 18 heavy (non-hydrogen) atoms. The number of benzene rings is 1. The van der Waals surface area contributed by atoms with Crippen molar-refractivity contribution in [1.29, 1.82) is 0 Å². The Kier molecular flexibility index (Phi) is 4.86. The third kappa shape index (κ3) is 3.86. The molecule has 0 spiro atoms. The third-order valence-electron chi connectivity index (χ3n) is 2.99. The predicted octanol–water partition coefficient (Wildman–Crippen LogP) is 1.60. The summed E-state index contributed by atoms with van der Waals surface area (Å²) in [6, 6.07) is 4.72. The lowest BCUT2D eigenvalue weighted by Gasteiger charge is -2.26. The van der Waals surface area contributed by atoms with Gasteiger partial charge < -0.3 is 5.32 Å². The molecular formula is C13H16BrFN2O. The van der Waals surface area contributed by atoms with Crippen LogP contribution in [0.5, 0.6) is 0 Å². The van der Waals surface area contributed by atoms with Gasteiger partial charge in [-0.1, -0.05) is 6.07 Å². The summed E-state index contributed by atoms with van der Waals surface area (Å²) < 4.78 is 13.5. The number of nitrogens with zero attached hydrogens (tertiary/aromatic N) is 1. The van der Waals surface area contributed by atoms with E-state index in [-0.39, 0.29) is 11.6 Å². The second-order valence-corrected chi connectivity index (χ2v) is 5.34. The molecule has 0 atom stereocenters. The van der Waals surface area contributed by atoms with Crippen molar-refractivity contribution >= 4 is 21.7 Å². The van der Waals surface area contributed by atoms with Gasteiger partial charge in [-0.2, -0.15) is 0 Å². The summed E-state index contributed by atoms with van der Waals surface area (Å²) in [7, 11) is 0. The van der Waals surface area contributed by atoms with Crippen LogP contribution in [0.2, 0.25) is 0 Å². The average Bonchev–Trinajstić information content (AvgIpc) is 2.35. The molecule has 5 heteroatoms. The van der Waals surface area contributed by atoms with Crippen LogP contribution in [0.15, 0.2) is 22.7 Å². The maximum Gasteiger partial charge on any atom is 0.151 e. The number of piperazine rings is 1.